The van der Waals surface area contributed by atoms with Gasteiger partial charge < -0.3 is 9.40 Å². The van der Waals surface area contributed by atoms with Gasteiger partial charge in [0.2, 0.25) is 0 Å². The molecule has 0 aliphatic rings. The number of aromatic nitrogens is 1. The molecule has 0 aromatic carbocycles. The van der Waals surface area contributed by atoms with Crippen LogP contribution in [0.1, 0.15) is 5.69 Å². The molecule has 2 aromatic heterocycles. The van der Waals surface area contributed by atoms with Gasteiger partial charge in [-0.25, -0.2) is 0 Å². The van der Waals surface area contributed by atoms with E-state index in [2.05, 4.69) is 4.98 Å². The predicted octanol–water partition coefficient (Wildman–Crippen LogP) is 2.21. The Kier molecular flexibility index (Phi) is 0.897. The van der Waals surface area contributed by atoms with Gasteiger partial charge in [0.15, 0.2) is 5.58 Å². The van der Waals surface area contributed by atoms with Gasteiger partial charge in [-0.05, 0) is 6.92 Å². The summed E-state index contributed by atoms with van der Waals surface area (Å²) in [5.74, 6) is 0. The molecule has 0 bridgehead atoms. The molecule has 3 heteroatoms. The van der Waals surface area contributed by atoms with Crippen molar-refractivity contribution in [1.82, 2.24) is 4.98 Å². The van der Waals surface area contributed by atoms with Crippen molar-refractivity contribution >= 4 is 11.1 Å². The van der Waals surface area contributed by atoms with Crippen molar-refractivity contribution in [3.8, 4) is 0 Å². The average molecular weight is 139 g/mol. The van der Waals surface area contributed by atoms with Crippen molar-refractivity contribution in [1.29, 1.82) is 0 Å². The Labute approximate surface area is 56.6 Å². The van der Waals surface area contributed by atoms with E-state index in [0.717, 1.165) is 11.2 Å². The van der Waals surface area contributed by atoms with Gasteiger partial charge in [0.25, 0.3) is 6.01 Å². The van der Waals surface area contributed by atoms with E-state index in [-0.39, 0.29) is 0 Å². The molecule has 1 N–H and O–H groups in total. The average Bonchev–Trinajstić information content (AvgIpc) is 2.21. The van der Waals surface area contributed by atoms with Gasteiger partial charge in [-0.15, -0.1) is 0 Å². The van der Waals surface area contributed by atoms with E-state index in [4.69, 9.17) is 4.42 Å². The topological polar surface area (TPSA) is 28.9 Å². The normalized spacial score (nSPS) is 11.0. The third kappa shape index (κ3) is 0.635. The van der Waals surface area contributed by atoms with Crippen LogP contribution in [-0.4, -0.2) is 4.98 Å². The zero-order valence-electron chi connectivity index (χ0n) is 5.44. The van der Waals surface area contributed by atoms with E-state index in [1.54, 1.807) is 6.07 Å². The second-order valence-electron chi connectivity index (χ2n) is 2.28. The van der Waals surface area contributed by atoms with Gasteiger partial charge in [-0.2, -0.15) is 4.39 Å². The Morgan fingerprint density at radius 3 is 3.00 bits per heavy atom. The molecule has 0 fully saturated rings. The molecule has 0 saturated carbocycles. The van der Waals surface area contributed by atoms with Crippen LogP contribution >= 0.6 is 0 Å². The summed E-state index contributed by atoms with van der Waals surface area (Å²) in [6, 6.07) is 2.56. The van der Waals surface area contributed by atoms with Crippen LogP contribution < -0.4 is 0 Å². The SMILES string of the molecule is Cc1cc2oc(F)cc2[nH]1. The molecule has 10 heavy (non-hydrogen) atoms. The number of rotatable bonds is 0. The molecule has 0 atom stereocenters. The third-order valence-corrected chi connectivity index (χ3v) is 1.41. The summed E-state index contributed by atoms with van der Waals surface area (Å²) in [7, 11) is 0. The van der Waals surface area contributed by atoms with Gasteiger partial charge in [-0.3, -0.25) is 0 Å². The van der Waals surface area contributed by atoms with Crippen molar-refractivity contribution in [2.75, 3.05) is 0 Å². The Hall–Kier alpha value is -1.25. The maximum atomic E-state index is 12.3. The van der Waals surface area contributed by atoms with Crippen molar-refractivity contribution < 1.29 is 8.81 Å². The molecule has 0 spiro atoms. The van der Waals surface area contributed by atoms with Crippen LogP contribution in [0.3, 0.4) is 0 Å². The number of furan rings is 1. The quantitative estimate of drug-likeness (QED) is 0.595. The van der Waals surface area contributed by atoms with E-state index in [0.29, 0.717) is 5.58 Å². The second kappa shape index (κ2) is 1.62. The fourth-order valence-electron chi connectivity index (χ4n) is 1.02. The van der Waals surface area contributed by atoms with Gasteiger partial charge in [0.05, 0.1) is 5.52 Å². The second-order valence-corrected chi connectivity index (χ2v) is 2.28. The maximum absolute atomic E-state index is 12.3. The van der Waals surface area contributed by atoms with Crippen LogP contribution in [0.15, 0.2) is 16.5 Å². The number of H-pyrrole nitrogens is 1. The Bertz CT molecular complexity index is 297. The summed E-state index contributed by atoms with van der Waals surface area (Å²) in [6.45, 7) is 1.90. The van der Waals surface area contributed by atoms with Crippen LogP contribution in [0.4, 0.5) is 4.39 Å². The third-order valence-electron chi connectivity index (χ3n) is 1.41. The molecule has 0 saturated heterocycles. The van der Waals surface area contributed by atoms with E-state index in [1.165, 1.54) is 6.07 Å². The number of hydrogen-bond acceptors (Lipinski definition) is 1. The number of hydrogen-bond donors (Lipinski definition) is 1. The Morgan fingerprint density at radius 2 is 2.30 bits per heavy atom. The largest absolute Gasteiger partial charge is 0.429 e. The lowest BCUT2D eigenvalue weighted by Crippen LogP contribution is -1.65. The minimum atomic E-state index is -0.541. The van der Waals surface area contributed by atoms with Crippen molar-refractivity contribution in [3.05, 3.63) is 23.8 Å². The standard InChI is InChI=1S/C7H6FNO/c1-4-2-6-5(9-4)3-7(8)10-6/h2-3,9H,1H3. The molecule has 0 radical (unpaired) electrons. The molecule has 52 valence electrons. The molecule has 0 aliphatic heterocycles. The van der Waals surface area contributed by atoms with Crippen LogP contribution in [0, 0.1) is 12.9 Å². The predicted molar refractivity (Wildman–Crippen MR) is 35.3 cm³/mol. The minimum absolute atomic E-state index is 0.541. The first-order chi connectivity index (χ1) is 4.75. The molecule has 0 unspecified atom stereocenters. The smallest absolute Gasteiger partial charge is 0.280 e. The minimum Gasteiger partial charge on any atom is -0.429 e. The molecule has 2 heterocycles. The van der Waals surface area contributed by atoms with E-state index < -0.39 is 6.01 Å². The molecule has 2 rings (SSSR count). The van der Waals surface area contributed by atoms with Gasteiger partial charge in [-0.1, -0.05) is 0 Å². The van der Waals surface area contributed by atoms with Crippen molar-refractivity contribution in [2.45, 2.75) is 6.92 Å². The first kappa shape index (κ1) is 5.53. The number of fused-ring (bicyclic) bond motifs is 1. The van der Waals surface area contributed by atoms with Gasteiger partial charge >= 0.3 is 0 Å². The zero-order chi connectivity index (χ0) is 7.14. The zero-order valence-corrected chi connectivity index (χ0v) is 5.44. The first-order valence-corrected chi connectivity index (χ1v) is 3.00. The van der Waals surface area contributed by atoms with Crippen LogP contribution in [0.25, 0.3) is 11.1 Å². The lowest BCUT2D eigenvalue weighted by molar-refractivity contribution is 0.381. The molecule has 2 aromatic rings. The summed E-state index contributed by atoms with van der Waals surface area (Å²) in [5, 5.41) is 0. The van der Waals surface area contributed by atoms with Gasteiger partial charge in [0, 0.05) is 17.8 Å². The molecule has 2 nitrogen and oxygen atoms in total. The van der Waals surface area contributed by atoms with Crippen LogP contribution in [0.2, 0.25) is 0 Å². The number of aromatic amines is 1. The highest BCUT2D eigenvalue weighted by molar-refractivity contribution is 5.74. The highest BCUT2D eigenvalue weighted by atomic mass is 19.1. The van der Waals surface area contributed by atoms with Gasteiger partial charge in [0.1, 0.15) is 0 Å². The summed E-state index contributed by atoms with van der Waals surface area (Å²) < 4.78 is 17.0. The van der Waals surface area contributed by atoms with Crippen molar-refractivity contribution in [3.63, 3.8) is 0 Å². The first-order valence-electron chi connectivity index (χ1n) is 3.00. The molecular weight excluding hydrogens is 133 g/mol. The van der Waals surface area contributed by atoms with Crippen LogP contribution in [0.5, 0.6) is 0 Å². The Morgan fingerprint density at radius 1 is 1.50 bits per heavy atom. The fourth-order valence-corrected chi connectivity index (χ4v) is 1.02. The number of aryl methyl sites for hydroxylation is 1. The number of nitrogens with one attached hydrogen (secondary N) is 1. The Balaban J connectivity index is 2.83. The van der Waals surface area contributed by atoms with Crippen molar-refractivity contribution in [2.24, 2.45) is 0 Å². The number of halogens is 1. The summed E-state index contributed by atoms with van der Waals surface area (Å²) >= 11 is 0. The monoisotopic (exact) mass is 139 g/mol. The maximum Gasteiger partial charge on any atom is 0.280 e. The van der Waals surface area contributed by atoms with Crippen LogP contribution in [-0.2, 0) is 0 Å². The molecular formula is C7H6FNO. The lowest BCUT2D eigenvalue weighted by Gasteiger charge is -1.75. The molecule has 0 amide bonds. The van der Waals surface area contributed by atoms with E-state index in [1.807, 2.05) is 6.92 Å². The summed E-state index contributed by atoms with van der Waals surface area (Å²) in [4.78, 5) is 2.95. The molecule has 0 aliphatic carbocycles. The fraction of sp³-hybridized carbons (Fsp3) is 0.143. The highest BCUT2D eigenvalue weighted by Gasteiger charge is 2.03. The summed E-state index contributed by atoms with van der Waals surface area (Å²) in [5.41, 5.74) is 2.28. The highest BCUT2D eigenvalue weighted by Crippen LogP contribution is 2.17. The summed E-state index contributed by atoms with van der Waals surface area (Å²) in [6.07, 6.45) is 0. The lowest BCUT2D eigenvalue weighted by atomic mass is 10.5. The van der Waals surface area contributed by atoms with E-state index in [9.17, 15) is 4.39 Å². The van der Waals surface area contributed by atoms with E-state index >= 15 is 0 Å².